The Morgan fingerprint density at radius 2 is 1.68 bits per heavy atom. The summed E-state index contributed by atoms with van der Waals surface area (Å²) in [4.78, 5) is 20.2. The average molecular weight is 601 g/mol. The first-order valence-electron chi connectivity index (χ1n) is 13.0. The molecule has 2 N–H and O–H groups in total. The number of carbonyl (C=O) groups excluding carboxylic acids is 1. The number of amides is 1. The van der Waals surface area contributed by atoms with E-state index in [4.69, 9.17) is 9.47 Å². The van der Waals surface area contributed by atoms with Gasteiger partial charge in [0.05, 0.1) is 31.0 Å². The van der Waals surface area contributed by atoms with Crippen LogP contribution in [0.4, 0.5) is 0 Å². The van der Waals surface area contributed by atoms with Gasteiger partial charge in [0.15, 0.2) is 11.2 Å². The third-order valence-corrected chi connectivity index (χ3v) is 8.76. The van der Waals surface area contributed by atoms with Gasteiger partial charge in [0.1, 0.15) is 17.6 Å². The summed E-state index contributed by atoms with van der Waals surface area (Å²) in [7, 11) is 3.19. The van der Waals surface area contributed by atoms with E-state index in [2.05, 4.69) is 20.9 Å². The third kappa shape index (κ3) is 3.78. The molecule has 0 radical (unpaired) electrons. The fourth-order valence-corrected chi connectivity index (χ4v) is 6.82. The number of hydrogen-bond acceptors (Lipinski definition) is 6. The molecule has 2 aliphatic rings. The number of fused-ring (bicyclic) bond motifs is 3. The Kier molecular flexibility index (Phi) is 6.65. The summed E-state index contributed by atoms with van der Waals surface area (Å²) < 4.78 is 13.2. The first kappa shape index (κ1) is 26.5. The zero-order valence-corrected chi connectivity index (χ0v) is 23.7. The van der Waals surface area contributed by atoms with E-state index in [1.807, 2.05) is 84.9 Å². The zero-order chi connectivity index (χ0) is 28.1. The largest absolute Gasteiger partial charge is 0.495 e. The molecule has 0 spiro atoms. The number of methoxy groups -OCH3 is 1. The second-order valence-electron chi connectivity index (χ2n) is 10.4. The van der Waals surface area contributed by atoms with Crippen molar-refractivity contribution < 1.29 is 24.5 Å². The number of pyridine rings is 1. The van der Waals surface area contributed by atoms with Crippen molar-refractivity contribution >= 4 is 21.8 Å². The number of aliphatic hydroxyl groups is 2. The molecule has 5 atom stereocenters. The molecule has 1 aliphatic carbocycles. The van der Waals surface area contributed by atoms with Gasteiger partial charge in [-0.1, -0.05) is 88.7 Å². The van der Waals surface area contributed by atoms with Crippen LogP contribution in [-0.2, 0) is 22.5 Å². The SMILES string of the molecule is COc1cncc2c1C1(O)[C@H](O)[C@H](C(=O)N(C)Cc3ccccc3)C(c3ccccc3)C1(c1ccc(Br)cc1)O2. The molecule has 1 saturated carbocycles. The maximum Gasteiger partial charge on any atom is 0.229 e. The summed E-state index contributed by atoms with van der Waals surface area (Å²) in [6, 6.07) is 26.6. The molecule has 8 heteroatoms. The predicted molar refractivity (Wildman–Crippen MR) is 153 cm³/mol. The summed E-state index contributed by atoms with van der Waals surface area (Å²) in [6.45, 7) is 0.346. The second-order valence-corrected chi connectivity index (χ2v) is 11.3. The van der Waals surface area contributed by atoms with E-state index in [0.717, 1.165) is 15.6 Å². The van der Waals surface area contributed by atoms with Crippen LogP contribution in [0.3, 0.4) is 0 Å². The van der Waals surface area contributed by atoms with Crippen molar-refractivity contribution in [3.05, 3.63) is 124 Å². The lowest BCUT2D eigenvalue weighted by atomic mass is 9.70. The minimum absolute atomic E-state index is 0.274. The Balaban J connectivity index is 1.59. The quantitative estimate of drug-likeness (QED) is 0.331. The Morgan fingerprint density at radius 1 is 1.02 bits per heavy atom. The maximum absolute atomic E-state index is 14.4. The number of carbonyl (C=O) groups is 1. The van der Waals surface area contributed by atoms with Gasteiger partial charge in [-0.2, -0.15) is 0 Å². The number of halogens is 1. The van der Waals surface area contributed by atoms with E-state index in [0.29, 0.717) is 17.9 Å². The van der Waals surface area contributed by atoms with E-state index in [9.17, 15) is 15.0 Å². The smallest absolute Gasteiger partial charge is 0.229 e. The predicted octanol–water partition coefficient (Wildman–Crippen LogP) is 4.76. The van der Waals surface area contributed by atoms with Crippen LogP contribution >= 0.6 is 15.9 Å². The highest BCUT2D eigenvalue weighted by Crippen LogP contribution is 2.69. The molecule has 3 unspecified atom stereocenters. The molecule has 4 aromatic rings. The molecule has 204 valence electrons. The molecule has 3 aromatic carbocycles. The Hall–Kier alpha value is -3.72. The van der Waals surface area contributed by atoms with Crippen molar-refractivity contribution in [1.82, 2.24) is 9.88 Å². The molecular formula is C32H29BrN2O5. The summed E-state index contributed by atoms with van der Waals surface area (Å²) >= 11 is 3.50. The zero-order valence-electron chi connectivity index (χ0n) is 22.1. The van der Waals surface area contributed by atoms with Crippen LogP contribution < -0.4 is 9.47 Å². The first-order valence-corrected chi connectivity index (χ1v) is 13.8. The van der Waals surface area contributed by atoms with Gasteiger partial charge in [-0.05, 0) is 28.8 Å². The fourth-order valence-electron chi connectivity index (χ4n) is 6.56. The highest BCUT2D eigenvalue weighted by molar-refractivity contribution is 9.10. The van der Waals surface area contributed by atoms with Crippen molar-refractivity contribution in [2.24, 2.45) is 5.92 Å². The molecule has 1 fully saturated rings. The standard InChI is InChI=1S/C32H29BrN2O5/c1-35(19-20-9-5-3-6-10-20)30(37)26-27(21-11-7-4-8-12-21)32(22-13-15-23(33)16-14-22)31(38,29(26)36)28-24(39-2)17-34-18-25(28)40-32/h3-18,26-27,29,36,38H,19H2,1-2H3/t26-,27?,29-,31?,32?/m1/s1. The number of rotatable bonds is 6. The van der Waals surface area contributed by atoms with Crippen molar-refractivity contribution in [2.75, 3.05) is 14.2 Å². The number of hydrogen-bond donors (Lipinski definition) is 2. The van der Waals surface area contributed by atoms with Crippen LogP contribution in [0.2, 0.25) is 0 Å². The normalized spacial score (nSPS) is 26.5. The van der Waals surface area contributed by atoms with Gasteiger partial charge in [-0.3, -0.25) is 9.78 Å². The monoisotopic (exact) mass is 600 g/mol. The lowest BCUT2D eigenvalue weighted by molar-refractivity contribution is -0.156. The van der Waals surface area contributed by atoms with Crippen molar-refractivity contribution in [2.45, 2.75) is 29.8 Å². The first-order chi connectivity index (χ1) is 19.3. The molecule has 0 saturated heterocycles. The van der Waals surface area contributed by atoms with Gasteiger partial charge < -0.3 is 24.6 Å². The third-order valence-electron chi connectivity index (χ3n) is 8.24. The molecule has 2 heterocycles. The molecule has 1 amide bonds. The minimum atomic E-state index is -2.04. The number of nitrogens with zero attached hydrogens (tertiary/aromatic N) is 2. The second kappa shape index (κ2) is 10.0. The van der Waals surface area contributed by atoms with E-state index in [1.54, 1.807) is 11.9 Å². The maximum atomic E-state index is 14.4. The van der Waals surface area contributed by atoms with Gasteiger partial charge in [0, 0.05) is 24.0 Å². The van der Waals surface area contributed by atoms with Gasteiger partial charge in [-0.25, -0.2) is 0 Å². The van der Waals surface area contributed by atoms with Crippen molar-refractivity contribution in [3.63, 3.8) is 0 Å². The molecule has 1 aromatic heterocycles. The highest BCUT2D eigenvalue weighted by Gasteiger charge is 2.78. The van der Waals surface area contributed by atoms with Crippen molar-refractivity contribution in [3.8, 4) is 11.5 Å². The Labute approximate surface area is 241 Å². The van der Waals surface area contributed by atoms with E-state index in [1.165, 1.54) is 19.5 Å². The van der Waals surface area contributed by atoms with Gasteiger partial charge in [-0.15, -0.1) is 0 Å². The molecule has 40 heavy (non-hydrogen) atoms. The summed E-state index contributed by atoms with van der Waals surface area (Å²) in [5, 5.41) is 25.1. The van der Waals surface area contributed by atoms with Crippen LogP contribution in [0.15, 0.2) is 102 Å². The number of aliphatic hydroxyl groups excluding tert-OH is 1. The van der Waals surface area contributed by atoms with Crippen LogP contribution in [0.5, 0.6) is 11.5 Å². The van der Waals surface area contributed by atoms with Crippen LogP contribution in [0, 0.1) is 5.92 Å². The highest BCUT2D eigenvalue weighted by atomic mass is 79.9. The van der Waals surface area contributed by atoms with Gasteiger partial charge in [0.25, 0.3) is 0 Å². The number of ether oxygens (including phenoxy) is 2. The van der Waals surface area contributed by atoms with Crippen LogP contribution in [0.25, 0.3) is 0 Å². The van der Waals surface area contributed by atoms with E-state index in [-0.39, 0.29) is 17.2 Å². The fraction of sp³-hybridized carbons (Fsp3) is 0.250. The van der Waals surface area contributed by atoms with E-state index >= 15 is 0 Å². The topological polar surface area (TPSA) is 92.1 Å². The average Bonchev–Trinajstić information content (AvgIpc) is 3.36. The summed E-state index contributed by atoms with van der Waals surface area (Å²) in [5.41, 5.74) is -1.00. The molecule has 6 rings (SSSR count). The van der Waals surface area contributed by atoms with Gasteiger partial charge >= 0.3 is 0 Å². The van der Waals surface area contributed by atoms with Crippen molar-refractivity contribution in [1.29, 1.82) is 0 Å². The molecule has 0 bridgehead atoms. The molecular weight excluding hydrogens is 572 g/mol. The number of benzene rings is 3. The van der Waals surface area contributed by atoms with Crippen LogP contribution in [0.1, 0.15) is 28.2 Å². The Bertz CT molecular complexity index is 1530. The summed E-state index contributed by atoms with van der Waals surface area (Å²) in [6.07, 6.45) is 1.46. The lowest BCUT2D eigenvalue weighted by Gasteiger charge is -2.41. The summed E-state index contributed by atoms with van der Waals surface area (Å²) in [5.74, 6) is -1.54. The Morgan fingerprint density at radius 3 is 2.33 bits per heavy atom. The minimum Gasteiger partial charge on any atom is -0.495 e. The molecule has 1 aliphatic heterocycles. The number of aromatic nitrogens is 1. The van der Waals surface area contributed by atoms with Gasteiger partial charge in [0.2, 0.25) is 5.91 Å². The lowest BCUT2D eigenvalue weighted by Crippen LogP contribution is -2.52. The van der Waals surface area contributed by atoms with E-state index < -0.39 is 29.1 Å². The van der Waals surface area contributed by atoms with Crippen LogP contribution in [-0.4, -0.2) is 46.3 Å². The molecule has 7 nitrogen and oxygen atoms in total.